The molecule has 0 spiro atoms. The molecule has 5 aromatic rings. The molecule has 5 fully saturated rings. The minimum absolute atomic E-state index is 0.00893. The number of rotatable bonds is 3. The van der Waals surface area contributed by atoms with Gasteiger partial charge < -0.3 is 14.7 Å². The number of para-hydroxylation sites is 1. The Bertz CT molecular complexity index is 2600. The van der Waals surface area contributed by atoms with E-state index in [2.05, 4.69) is 159 Å². The number of anilines is 7. The first-order chi connectivity index (χ1) is 27.9. The van der Waals surface area contributed by atoms with Gasteiger partial charge >= 0.3 is 0 Å². The van der Waals surface area contributed by atoms with E-state index in [-0.39, 0.29) is 23.1 Å². The van der Waals surface area contributed by atoms with Gasteiger partial charge in [0.25, 0.3) is 6.71 Å². The summed E-state index contributed by atoms with van der Waals surface area (Å²) in [5, 5.41) is 3.29. The van der Waals surface area contributed by atoms with Crippen molar-refractivity contribution in [2.75, 3.05) is 14.7 Å². The van der Waals surface area contributed by atoms with E-state index in [0.717, 1.165) is 23.7 Å². The highest BCUT2D eigenvalue weighted by Crippen LogP contribution is 2.64. The molecule has 14 rings (SSSR count). The molecule has 0 amide bonds. The van der Waals surface area contributed by atoms with Crippen LogP contribution in [0, 0.1) is 23.7 Å². The van der Waals surface area contributed by atoms with Crippen LogP contribution in [0.15, 0.2) is 97.1 Å². The highest BCUT2D eigenvalue weighted by Gasteiger charge is 2.60. The predicted octanol–water partition coefficient (Wildman–Crippen LogP) is 10.0. The van der Waals surface area contributed by atoms with Gasteiger partial charge in [-0.2, -0.15) is 0 Å². The Labute approximate surface area is 347 Å². The minimum atomic E-state index is -2.05. The van der Waals surface area contributed by atoms with Gasteiger partial charge in [-0.05, 0) is 145 Å². The predicted molar refractivity (Wildman–Crippen MR) is 249 cm³/mol. The Hall–Kier alpha value is -4.22. The molecule has 4 aliphatic heterocycles. The summed E-state index contributed by atoms with van der Waals surface area (Å²) in [6, 6.07) is 40.0. The standard InChI is InChI=1S/C53H58BN3Si/c1-51(2,3)35-20-22-36(23-21-35)55-41-16-12-18-46-49(41)54-48-44(55)30-37(57-40-15-9-8-14-39(40)52(4)24-10-11-25-53(52,57)5)31-45(48)56(42-17-13-19-47(50(42)54)58(46,6)7)43-29-33-27-34-26-32(33)28-38(34)43/h8-9,12-23,30-34,38,43H,10-11,24-29H2,1-7H3. The van der Waals surface area contributed by atoms with E-state index < -0.39 is 8.07 Å². The van der Waals surface area contributed by atoms with Crippen LogP contribution in [0.2, 0.25) is 13.1 Å². The summed E-state index contributed by atoms with van der Waals surface area (Å²) in [6.07, 6.45) is 10.8. The van der Waals surface area contributed by atoms with Gasteiger partial charge in [-0.3, -0.25) is 0 Å². The maximum absolute atomic E-state index is 3.01. The maximum atomic E-state index is 3.01. The first kappa shape index (κ1) is 34.6. The Morgan fingerprint density at radius 2 is 1.28 bits per heavy atom. The Balaban J connectivity index is 1.13. The van der Waals surface area contributed by atoms with E-state index in [4.69, 9.17) is 0 Å². The fourth-order valence-electron chi connectivity index (χ4n) is 15.3. The van der Waals surface area contributed by atoms with Gasteiger partial charge in [0.1, 0.15) is 8.07 Å². The number of hydrogen-bond acceptors (Lipinski definition) is 3. The zero-order chi connectivity index (χ0) is 39.2. The summed E-state index contributed by atoms with van der Waals surface area (Å²) in [5.74, 6) is 3.54. The van der Waals surface area contributed by atoms with Gasteiger partial charge in [0.15, 0.2) is 0 Å². The van der Waals surface area contributed by atoms with Crippen LogP contribution in [0.3, 0.4) is 0 Å². The molecule has 5 heteroatoms. The second-order valence-corrected chi connectivity index (χ2v) is 26.4. The third-order valence-electron chi connectivity index (χ3n) is 18.2. The number of hydrogen-bond donors (Lipinski definition) is 0. The summed E-state index contributed by atoms with van der Waals surface area (Å²) in [6.45, 7) is 17.7. The second kappa shape index (κ2) is 11.1. The monoisotopic (exact) mass is 775 g/mol. The van der Waals surface area contributed by atoms with Crippen molar-refractivity contribution in [3.8, 4) is 0 Å². The second-order valence-electron chi connectivity index (χ2n) is 22.1. The van der Waals surface area contributed by atoms with Crippen molar-refractivity contribution in [1.82, 2.24) is 0 Å². The van der Waals surface area contributed by atoms with Crippen LogP contribution in [0.5, 0.6) is 0 Å². The Morgan fingerprint density at radius 3 is 1.98 bits per heavy atom. The molecule has 5 aliphatic carbocycles. The summed E-state index contributed by atoms with van der Waals surface area (Å²) in [4.78, 5) is 8.59. The topological polar surface area (TPSA) is 9.72 Å². The molecule has 4 heterocycles. The van der Waals surface area contributed by atoms with Crippen LogP contribution >= 0.6 is 0 Å². The third kappa shape index (κ3) is 4.09. The molecule has 0 radical (unpaired) electrons. The number of benzene rings is 5. The molecule has 7 atom stereocenters. The van der Waals surface area contributed by atoms with Crippen LogP contribution < -0.4 is 41.5 Å². The van der Waals surface area contributed by atoms with Crippen molar-refractivity contribution in [2.24, 2.45) is 23.7 Å². The Kier molecular flexibility index (Phi) is 6.64. The molecule has 292 valence electrons. The van der Waals surface area contributed by atoms with Crippen molar-refractivity contribution >= 4 is 81.4 Å². The highest BCUT2D eigenvalue weighted by molar-refractivity contribution is 7.16. The van der Waals surface area contributed by atoms with Crippen molar-refractivity contribution in [3.05, 3.63) is 108 Å². The van der Waals surface area contributed by atoms with E-state index in [1.165, 1.54) is 96.7 Å². The van der Waals surface area contributed by atoms with E-state index in [9.17, 15) is 0 Å². The van der Waals surface area contributed by atoms with Crippen LogP contribution in [-0.2, 0) is 10.8 Å². The average Bonchev–Trinajstić information content (AvgIpc) is 3.85. The molecule has 7 unspecified atom stereocenters. The van der Waals surface area contributed by atoms with Crippen LogP contribution in [-0.4, -0.2) is 26.4 Å². The SMILES string of the molecule is CC(C)(C)c1ccc(N2c3cc(N4c5ccccc5C5(C)CCCCC45C)cc4c3B3c5c2cccc5[Si](C)(C)c2cccc(c23)N4C2CC3CC4CC3CC42)cc1. The Morgan fingerprint density at radius 1 is 0.621 bits per heavy atom. The van der Waals surface area contributed by atoms with Gasteiger partial charge in [-0.15, -0.1) is 0 Å². The molecular formula is C53H58BN3Si. The molecule has 4 bridgehead atoms. The van der Waals surface area contributed by atoms with Crippen molar-refractivity contribution in [3.63, 3.8) is 0 Å². The van der Waals surface area contributed by atoms with Crippen LogP contribution in [0.4, 0.5) is 39.8 Å². The number of nitrogens with zero attached hydrogens (tertiary/aromatic N) is 3. The van der Waals surface area contributed by atoms with Gasteiger partial charge in [-0.25, -0.2) is 0 Å². The van der Waals surface area contributed by atoms with E-state index in [1.807, 2.05) is 0 Å². The lowest BCUT2D eigenvalue weighted by atomic mass is 9.33. The largest absolute Gasteiger partial charge is 0.339 e. The maximum Gasteiger partial charge on any atom is 0.251 e. The lowest BCUT2D eigenvalue weighted by Crippen LogP contribution is -2.80. The molecule has 0 N–H and O–H groups in total. The fraction of sp³-hybridized carbons (Fsp3) is 0.434. The zero-order valence-corrected chi connectivity index (χ0v) is 36.7. The molecule has 5 aromatic carbocycles. The smallest absolute Gasteiger partial charge is 0.251 e. The first-order valence-corrected chi connectivity index (χ1v) is 25.9. The van der Waals surface area contributed by atoms with Gasteiger partial charge in [0.05, 0.1) is 5.54 Å². The molecule has 0 aromatic heterocycles. The summed E-state index contributed by atoms with van der Waals surface area (Å²) in [7, 11) is -2.05. The minimum Gasteiger partial charge on any atom is -0.339 e. The lowest BCUT2D eigenvalue weighted by Gasteiger charge is -2.55. The van der Waals surface area contributed by atoms with Crippen molar-refractivity contribution in [1.29, 1.82) is 0 Å². The van der Waals surface area contributed by atoms with Gasteiger partial charge in [0, 0.05) is 51.3 Å². The van der Waals surface area contributed by atoms with Gasteiger partial charge in [-0.1, -0.05) is 119 Å². The summed E-state index contributed by atoms with van der Waals surface area (Å²) >= 11 is 0. The third-order valence-corrected chi connectivity index (χ3v) is 21.8. The van der Waals surface area contributed by atoms with E-state index in [0.29, 0.717) is 6.04 Å². The molecule has 9 aliphatic rings. The fourth-order valence-corrected chi connectivity index (χ4v) is 18.5. The van der Waals surface area contributed by atoms with Crippen molar-refractivity contribution < 1.29 is 0 Å². The summed E-state index contributed by atoms with van der Waals surface area (Å²) < 4.78 is 0. The highest BCUT2D eigenvalue weighted by atomic mass is 28.3. The summed E-state index contributed by atoms with van der Waals surface area (Å²) in [5.41, 5.74) is 17.8. The van der Waals surface area contributed by atoms with E-state index >= 15 is 0 Å². The van der Waals surface area contributed by atoms with Gasteiger partial charge in [0.2, 0.25) is 0 Å². The molecule has 0 saturated heterocycles. The normalized spacial score (nSPS) is 31.1. The first-order valence-electron chi connectivity index (χ1n) is 22.9. The molecule has 5 saturated carbocycles. The average molecular weight is 776 g/mol. The molecule has 3 nitrogen and oxygen atoms in total. The van der Waals surface area contributed by atoms with Crippen molar-refractivity contribution in [2.45, 2.75) is 121 Å². The zero-order valence-electron chi connectivity index (χ0n) is 35.7. The quantitative estimate of drug-likeness (QED) is 0.166. The van der Waals surface area contributed by atoms with Crippen LogP contribution in [0.25, 0.3) is 0 Å². The van der Waals surface area contributed by atoms with Crippen LogP contribution in [0.1, 0.15) is 97.1 Å². The lowest BCUT2D eigenvalue weighted by molar-refractivity contribution is 0.133. The van der Waals surface area contributed by atoms with E-state index in [1.54, 1.807) is 32.3 Å². The molecule has 58 heavy (non-hydrogen) atoms. The molecular weight excluding hydrogens is 718 g/mol. The number of fused-ring (bicyclic) bond motifs is 4.